The fourth-order valence-corrected chi connectivity index (χ4v) is 2.18. The number of aromatic carboxylic acids is 2. The molecule has 0 amide bonds. The van der Waals surface area contributed by atoms with Gasteiger partial charge < -0.3 is 36.7 Å². The summed E-state index contributed by atoms with van der Waals surface area (Å²) in [7, 11) is 0. The maximum absolute atomic E-state index is 10.2. The molecule has 0 atom stereocenters. The number of aromatic nitrogens is 2. The van der Waals surface area contributed by atoms with E-state index in [9.17, 15) is 19.8 Å². The molecule has 0 aliphatic heterocycles. The first-order chi connectivity index (χ1) is 16.2. The summed E-state index contributed by atoms with van der Waals surface area (Å²) in [6.07, 6.45) is 3.32. The average molecular weight is 733 g/mol. The van der Waals surface area contributed by atoms with Gasteiger partial charge in [-0.2, -0.15) is 0 Å². The van der Waals surface area contributed by atoms with Crippen LogP contribution in [0.3, 0.4) is 0 Å². The maximum atomic E-state index is 10.2. The van der Waals surface area contributed by atoms with Gasteiger partial charge in [0.2, 0.25) is 0 Å². The number of carboxylic acid groups (broad SMARTS) is 2. The molecule has 6 N–H and O–H groups in total. The molecule has 204 valence electrons. The molecule has 2 aromatic heterocycles. The van der Waals surface area contributed by atoms with Crippen molar-refractivity contribution >= 4 is 46.8 Å². The molecule has 4 aromatic rings. The average Bonchev–Trinajstić information content (AvgIpc) is 2.82. The summed E-state index contributed by atoms with van der Waals surface area (Å²) in [4.78, 5) is 27.8. The van der Waals surface area contributed by atoms with Crippen LogP contribution in [0.5, 0.6) is 0 Å². The summed E-state index contributed by atoms with van der Waals surface area (Å²) >= 11 is 11.0. The van der Waals surface area contributed by atoms with Crippen molar-refractivity contribution in [3.05, 3.63) is 118 Å². The minimum atomic E-state index is -1.18. The van der Waals surface area contributed by atoms with E-state index in [1.165, 1.54) is 48.5 Å². The number of carbonyl (C=O) groups excluding carboxylic acids is 2. The molecule has 9 nitrogen and oxygen atoms in total. The van der Waals surface area contributed by atoms with Crippen LogP contribution in [0.25, 0.3) is 0 Å². The number of halogens is 2. The fraction of sp³-hybridized carbons (Fsp3) is 0. The molecule has 13 heteroatoms. The van der Waals surface area contributed by atoms with Crippen LogP contribution >= 0.6 is 23.2 Å². The number of pyridine rings is 2. The molecule has 4 rings (SSSR count). The van der Waals surface area contributed by atoms with E-state index in [0.717, 1.165) is 0 Å². The minimum absolute atomic E-state index is 0. The van der Waals surface area contributed by atoms with Crippen molar-refractivity contribution in [1.82, 2.24) is 9.97 Å². The zero-order valence-electron chi connectivity index (χ0n) is 18.8. The Bertz CT molecular complexity index is 1050. The van der Waals surface area contributed by atoms with E-state index in [1.807, 2.05) is 24.3 Å². The Kier molecular flexibility index (Phi) is 23.6. The van der Waals surface area contributed by atoms with Crippen molar-refractivity contribution in [3.8, 4) is 0 Å². The zero-order chi connectivity index (χ0) is 25.3. The Balaban J connectivity index is -0.000000411. The third-order valence-corrected chi connectivity index (χ3v) is 4.04. The van der Waals surface area contributed by atoms with Gasteiger partial charge in [0.1, 0.15) is 11.6 Å². The van der Waals surface area contributed by atoms with Crippen LogP contribution in [0.2, 0.25) is 10.0 Å². The maximum Gasteiger partial charge on any atom is 1.00 e. The normalized spacial score (nSPS) is 8.27. The van der Waals surface area contributed by atoms with Gasteiger partial charge in [0.15, 0.2) is 0 Å². The third-order valence-electron chi connectivity index (χ3n) is 3.54. The van der Waals surface area contributed by atoms with Gasteiger partial charge in [-0.15, -0.1) is 0 Å². The van der Waals surface area contributed by atoms with Gasteiger partial charge in [-0.25, -0.2) is 9.97 Å². The molecule has 2 heterocycles. The van der Waals surface area contributed by atoms with Crippen LogP contribution < -0.4 is 21.7 Å². The van der Waals surface area contributed by atoms with Crippen LogP contribution in [0, 0.1) is 0 Å². The number of nitrogens with two attached hydrogens (primary N) is 2. The van der Waals surface area contributed by atoms with Crippen LogP contribution in [0.15, 0.2) is 97.3 Å². The number of nitrogen functional groups attached to an aromatic ring is 2. The fourth-order valence-electron chi connectivity index (χ4n) is 1.92. The van der Waals surface area contributed by atoms with Crippen LogP contribution in [0.1, 0.15) is 20.7 Å². The van der Waals surface area contributed by atoms with Crippen LogP contribution in [-0.4, -0.2) is 27.4 Å². The molecule has 2 aromatic carbocycles. The van der Waals surface area contributed by atoms with E-state index in [1.54, 1.807) is 24.5 Å². The van der Waals surface area contributed by atoms with Crippen molar-refractivity contribution in [3.63, 3.8) is 0 Å². The Morgan fingerprint density at radius 1 is 0.595 bits per heavy atom. The molecular formula is C24H22Ag2Cl2N4O5. The van der Waals surface area contributed by atoms with E-state index in [-0.39, 0.29) is 61.4 Å². The molecule has 0 fully saturated rings. The van der Waals surface area contributed by atoms with Gasteiger partial charge in [-0.3, -0.25) is 0 Å². The first kappa shape index (κ1) is 38.8. The van der Waals surface area contributed by atoms with E-state index >= 15 is 0 Å². The molecule has 0 saturated carbocycles. The Hall–Kier alpha value is -2.70. The minimum Gasteiger partial charge on any atom is -0.545 e. The summed E-state index contributed by atoms with van der Waals surface area (Å²) in [5, 5.41) is 21.4. The quantitative estimate of drug-likeness (QED) is 0.292. The van der Waals surface area contributed by atoms with Gasteiger partial charge in [-0.1, -0.05) is 59.6 Å². The topological polar surface area (TPSA) is 190 Å². The SMILES string of the molecule is Nc1ccccn1.Nc1ccccn1.O.O=C([O-])c1ccc(Cl)cc1.O=C([O-])c1ccc(Cl)cc1.[Ag+].[Ag+]. The predicted molar refractivity (Wildman–Crippen MR) is 132 cm³/mol. The Labute approximate surface area is 255 Å². The Morgan fingerprint density at radius 3 is 1.05 bits per heavy atom. The second kappa shape index (κ2) is 22.5. The van der Waals surface area contributed by atoms with E-state index in [0.29, 0.717) is 21.7 Å². The van der Waals surface area contributed by atoms with Gasteiger partial charge in [-0.05, 0) is 59.7 Å². The van der Waals surface area contributed by atoms with Crippen molar-refractivity contribution < 1.29 is 70.0 Å². The number of hydrogen-bond acceptors (Lipinski definition) is 8. The van der Waals surface area contributed by atoms with E-state index in [4.69, 9.17) is 34.7 Å². The number of nitrogens with zero attached hydrogens (tertiary/aromatic N) is 2. The second-order valence-electron chi connectivity index (χ2n) is 6.10. The predicted octanol–water partition coefficient (Wildman–Crippen LogP) is 1.90. The summed E-state index contributed by atoms with van der Waals surface area (Å²) in [6, 6.07) is 22.5. The first-order valence-corrected chi connectivity index (χ1v) is 10.2. The largest absolute Gasteiger partial charge is 1.00 e. The van der Waals surface area contributed by atoms with Crippen molar-refractivity contribution in [2.75, 3.05) is 11.5 Å². The van der Waals surface area contributed by atoms with E-state index in [2.05, 4.69) is 9.97 Å². The van der Waals surface area contributed by atoms with Crippen LogP contribution in [0.4, 0.5) is 11.6 Å². The molecule has 0 saturated heterocycles. The zero-order valence-corrected chi connectivity index (χ0v) is 23.3. The molecule has 0 spiro atoms. The summed E-state index contributed by atoms with van der Waals surface area (Å²) < 4.78 is 0. The van der Waals surface area contributed by atoms with Crippen molar-refractivity contribution in [2.24, 2.45) is 0 Å². The van der Waals surface area contributed by atoms with Crippen molar-refractivity contribution in [2.45, 2.75) is 0 Å². The number of anilines is 2. The number of rotatable bonds is 2. The molecule has 0 aliphatic rings. The number of carboxylic acids is 2. The molecule has 37 heavy (non-hydrogen) atoms. The number of carbonyl (C=O) groups is 2. The number of hydrogen-bond donors (Lipinski definition) is 2. The van der Waals surface area contributed by atoms with Gasteiger partial charge in [0.25, 0.3) is 0 Å². The molecular weight excluding hydrogens is 711 g/mol. The Morgan fingerprint density at radius 2 is 0.892 bits per heavy atom. The molecule has 0 radical (unpaired) electrons. The monoisotopic (exact) mass is 730 g/mol. The van der Waals surface area contributed by atoms with Gasteiger partial charge in [0.05, 0.1) is 11.9 Å². The standard InChI is InChI=1S/2C7H5ClO2.2C5H6N2.2Ag.H2O/c2*8-6-3-1-5(2-4-6)7(9)10;2*6-5-3-1-2-4-7-5;;;/h2*1-4H,(H,9,10);2*1-4H,(H2,6,7);;;1H2/q;;;;2*+1;/p-2. The smallest absolute Gasteiger partial charge is 0.545 e. The van der Waals surface area contributed by atoms with E-state index < -0.39 is 11.9 Å². The van der Waals surface area contributed by atoms with Crippen molar-refractivity contribution in [1.29, 1.82) is 0 Å². The first-order valence-electron chi connectivity index (χ1n) is 9.46. The molecule has 0 bridgehead atoms. The van der Waals surface area contributed by atoms with Gasteiger partial charge >= 0.3 is 44.8 Å². The summed E-state index contributed by atoms with van der Waals surface area (Å²) in [5.74, 6) is -1.22. The van der Waals surface area contributed by atoms with Crippen LogP contribution in [-0.2, 0) is 44.8 Å². The summed E-state index contributed by atoms with van der Waals surface area (Å²) in [6.45, 7) is 0. The number of benzene rings is 2. The van der Waals surface area contributed by atoms with Gasteiger partial charge in [0, 0.05) is 22.4 Å². The summed E-state index contributed by atoms with van der Waals surface area (Å²) in [5.41, 5.74) is 10.8. The second-order valence-corrected chi connectivity index (χ2v) is 6.97. The molecule has 0 aliphatic carbocycles. The third kappa shape index (κ3) is 19.1. The molecule has 0 unspecified atom stereocenters.